The molecule has 0 fully saturated rings. The Bertz CT molecular complexity index is 424. The van der Waals surface area contributed by atoms with Gasteiger partial charge in [-0.2, -0.15) is 0 Å². The number of ether oxygens (including phenoxy) is 1. The van der Waals surface area contributed by atoms with E-state index in [-0.39, 0.29) is 5.57 Å². The molecule has 16 heavy (non-hydrogen) atoms. The zero-order chi connectivity index (χ0) is 12.1. The van der Waals surface area contributed by atoms with E-state index in [9.17, 15) is 4.79 Å². The van der Waals surface area contributed by atoms with Gasteiger partial charge in [-0.3, -0.25) is 0 Å². The van der Waals surface area contributed by atoms with E-state index in [1.165, 1.54) is 0 Å². The number of rotatable bonds is 4. The molecule has 1 rings (SSSR count). The minimum Gasteiger partial charge on any atom is -0.493 e. The quantitative estimate of drug-likeness (QED) is 0.863. The molecule has 0 saturated carbocycles. The molecule has 86 valence electrons. The number of carbonyl (C=O) groups is 1. The van der Waals surface area contributed by atoms with Crippen LogP contribution in [0.3, 0.4) is 0 Å². The second-order valence-electron chi connectivity index (χ2n) is 3.25. The fourth-order valence-electron chi connectivity index (χ4n) is 1.21. The molecule has 1 aromatic carbocycles. The van der Waals surface area contributed by atoms with Crippen LogP contribution in [0.5, 0.6) is 5.75 Å². The van der Waals surface area contributed by atoms with Crippen LogP contribution in [0.1, 0.15) is 19.4 Å². The fourth-order valence-corrected chi connectivity index (χ4v) is 1.59. The third kappa shape index (κ3) is 3.38. The second-order valence-corrected chi connectivity index (χ2v) is 4.16. The Morgan fingerprint density at radius 1 is 1.56 bits per heavy atom. The maximum Gasteiger partial charge on any atom is 0.331 e. The lowest BCUT2D eigenvalue weighted by Gasteiger charge is -2.07. The summed E-state index contributed by atoms with van der Waals surface area (Å²) < 4.78 is 6.30. The van der Waals surface area contributed by atoms with Crippen molar-refractivity contribution in [3.05, 3.63) is 33.8 Å². The van der Waals surface area contributed by atoms with Crippen molar-refractivity contribution in [1.29, 1.82) is 0 Å². The van der Waals surface area contributed by atoms with Gasteiger partial charge >= 0.3 is 5.97 Å². The van der Waals surface area contributed by atoms with Crippen LogP contribution in [0.2, 0.25) is 0 Å². The molecule has 0 bridgehead atoms. The van der Waals surface area contributed by atoms with E-state index in [2.05, 4.69) is 15.9 Å². The summed E-state index contributed by atoms with van der Waals surface area (Å²) in [7, 11) is 0. The number of carboxylic acid groups (broad SMARTS) is 1. The molecule has 0 amide bonds. The molecule has 0 heterocycles. The van der Waals surface area contributed by atoms with Crippen LogP contribution in [-0.2, 0) is 4.79 Å². The Balaban J connectivity index is 3.14. The van der Waals surface area contributed by atoms with Crippen LogP contribution in [0.15, 0.2) is 28.2 Å². The van der Waals surface area contributed by atoms with Gasteiger partial charge in [0.25, 0.3) is 0 Å². The third-order valence-electron chi connectivity index (χ3n) is 1.98. The topological polar surface area (TPSA) is 46.5 Å². The van der Waals surface area contributed by atoms with Gasteiger partial charge in [0.15, 0.2) is 0 Å². The first-order chi connectivity index (χ1) is 7.54. The molecule has 0 saturated heterocycles. The highest BCUT2D eigenvalue weighted by molar-refractivity contribution is 9.10. The molecule has 0 aliphatic heterocycles. The van der Waals surface area contributed by atoms with Crippen LogP contribution in [0.4, 0.5) is 0 Å². The summed E-state index contributed by atoms with van der Waals surface area (Å²) in [6.45, 7) is 3.99. The van der Waals surface area contributed by atoms with Crippen LogP contribution in [0, 0.1) is 0 Å². The first kappa shape index (κ1) is 12.8. The van der Waals surface area contributed by atoms with Crippen LogP contribution >= 0.6 is 15.9 Å². The highest BCUT2D eigenvalue weighted by Crippen LogP contribution is 2.25. The standard InChI is InChI=1S/C12H13BrO3/c1-3-16-11-5-4-10(13)7-9(11)6-8(2)12(14)15/h4-7H,3H2,1-2H3,(H,14,15)/b8-6+. The number of aliphatic carboxylic acids is 1. The number of hydrogen-bond acceptors (Lipinski definition) is 2. The molecule has 0 radical (unpaired) electrons. The Kier molecular flexibility index (Phi) is 4.55. The largest absolute Gasteiger partial charge is 0.493 e. The van der Waals surface area contributed by atoms with E-state index >= 15 is 0 Å². The van der Waals surface area contributed by atoms with Gasteiger partial charge in [-0.25, -0.2) is 4.79 Å². The van der Waals surface area contributed by atoms with Crippen LogP contribution in [-0.4, -0.2) is 17.7 Å². The summed E-state index contributed by atoms with van der Waals surface area (Å²) in [5.74, 6) is -0.242. The van der Waals surface area contributed by atoms with E-state index in [4.69, 9.17) is 9.84 Å². The van der Waals surface area contributed by atoms with Gasteiger partial charge in [0.05, 0.1) is 6.61 Å². The second kappa shape index (κ2) is 5.70. The molecular formula is C12H13BrO3. The van der Waals surface area contributed by atoms with Crippen LogP contribution < -0.4 is 4.74 Å². The average Bonchev–Trinajstić information content (AvgIpc) is 2.22. The first-order valence-corrected chi connectivity index (χ1v) is 5.68. The summed E-state index contributed by atoms with van der Waals surface area (Å²) in [4.78, 5) is 10.7. The van der Waals surface area contributed by atoms with Crippen molar-refractivity contribution < 1.29 is 14.6 Å². The summed E-state index contributed by atoms with van der Waals surface area (Å²) >= 11 is 3.34. The maximum atomic E-state index is 10.7. The summed E-state index contributed by atoms with van der Waals surface area (Å²) in [5, 5.41) is 8.81. The molecule has 0 unspecified atom stereocenters. The van der Waals surface area contributed by atoms with Gasteiger partial charge in [-0.1, -0.05) is 15.9 Å². The van der Waals surface area contributed by atoms with Crippen molar-refractivity contribution in [3.8, 4) is 5.75 Å². The Hall–Kier alpha value is -1.29. The first-order valence-electron chi connectivity index (χ1n) is 4.88. The van der Waals surface area contributed by atoms with Crippen molar-refractivity contribution in [1.82, 2.24) is 0 Å². The highest BCUT2D eigenvalue weighted by Gasteiger charge is 2.05. The molecular weight excluding hydrogens is 272 g/mol. The van der Waals surface area contributed by atoms with Crippen molar-refractivity contribution in [2.75, 3.05) is 6.61 Å². The highest BCUT2D eigenvalue weighted by atomic mass is 79.9. The van der Waals surface area contributed by atoms with Gasteiger partial charge in [0.2, 0.25) is 0 Å². The van der Waals surface area contributed by atoms with Gasteiger partial charge in [-0.05, 0) is 38.1 Å². The molecule has 4 heteroatoms. The van der Waals surface area contributed by atoms with E-state index in [1.807, 2.05) is 25.1 Å². The normalized spacial score (nSPS) is 11.3. The minimum atomic E-state index is -0.928. The van der Waals surface area contributed by atoms with Crippen molar-refractivity contribution in [3.63, 3.8) is 0 Å². The average molecular weight is 285 g/mol. The predicted octanol–water partition coefficient (Wildman–Crippen LogP) is 3.34. The molecule has 0 aliphatic rings. The fraction of sp³-hybridized carbons (Fsp3) is 0.250. The summed E-state index contributed by atoms with van der Waals surface area (Å²) in [6.07, 6.45) is 1.60. The zero-order valence-corrected chi connectivity index (χ0v) is 10.7. The van der Waals surface area contributed by atoms with Crippen LogP contribution in [0.25, 0.3) is 6.08 Å². The van der Waals surface area contributed by atoms with Crippen molar-refractivity contribution in [2.45, 2.75) is 13.8 Å². The van der Waals surface area contributed by atoms with E-state index in [1.54, 1.807) is 13.0 Å². The Morgan fingerprint density at radius 2 is 2.25 bits per heavy atom. The lowest BCUT2D eigenvalue weighted by atomic mass is 10.1. The lowest BCUT2D eigenvalue weighted by molar-refractivity contribution is -0.132. The number of halogens is 1. The molecule has 3 nitrogen and oxygen atoms in total. The lowest BCUT2D eigenvalue weighted by Crippen LogP contribution is -1.98. The molecule has 0 spiro atoms. The van der Waals surface area contributed by atoms with Gasteiger partial charge in [0, 0.05) is 15.6 Å². The number of benzene rings is 1. The van der Waals surface area contributed by atoms with Gasteiger partial charge in [-0.15, -0.1) is 0 Å². The molecule has 0 aliphatic carbocycles. The number of carboxylic acids is 1. The summed E-state index contributed by atoms with van der Waals surface area (Å²) in [6, 6.07) is 5.50. The Labute approximate surface area is 103 Å². The molecule has 0 atom stereocenters. The van der Waals surface area contributed by atoms with E-state index in [0.717, 1.165) is 10.0 Å². The third-order valence-corrected chi connectivity index (χ3v) is 2.47. The molecule has 1 aromatic rings. The summed E-state index contributed by atoms with van der Waals surface area (Å²) in [5.41, 5.74) is 1.04. The van der Waals surface area contributed by atoms with E-state index < -0.39 is 5.97 Å². The van der Waals surface area contributed by atoms with Crippen molar-refractivity contribution in [2.24, 2.45) is 0 Å². The zero-order valence-electron chi connectivity index (χ0n) is 9.16. The smallest absolute Gasteiger partial charge is 0.331 e. The molecule has 0 aromatic heterocycles. The van der Waals surface area contributed by atoms with Crippen molar-refractivity contribution >= 4 is 28.0 Å². The Morgan fingerprint density at radius 3 is 2.81 bits per heavy atom. The van der Waals surface area contributed by atoms with Gasteiger partial charge in [0.1, 0.15) is 5.75 Å². The maximum absolute atomic E-state index is 10.7. The van der Waals surface area contributed by atoms with E-state index in [0.29, 0.717) is 12.4 Å². The SMILES string of the molecule is CCOc1ccc(Br)cc1/C=C(\C)C(=O)O. The van der Waals surface area contributed by atoms with Gasteiger partial charge < -0.3 is 9.84 Å². The monoisotopic (exact) mass is 284 g/mol. The minimum absolute atomic E-state index is 0.277. The molecule has 1 N–H and O–H groups in total. The number of hydrogen-bond donors (Lipinski definition) is 1. The predicted molar refractivity (Wildman–Crippen MR) is 66.6 cm³/mol.